The van der Waals surface area contributed by atoms with Gasteiger partial charge in [-0.25, -0.2) is 0 Å². The van der Waals surface area contributed by atoms with Gasteiger partial charge in [0.05, 0.1) is 5.75 Å². The van der Waals surface area contributed by atoms with E-state index in [1.807, 2.05) is 42.5 Å². The number of hydrogen-bond acceptors (Lipinski definition) is 3. The van der Waals surface area contributed by atoms with Crippen molar-refractivity contribution in [3.63, 3.8) is 0 Å². The molecular weight excluding hydrogens is 304 g/mol. The second kappa shape index (κ2) is 8.70. The van der Waals surface area contributed by atoms with Gasteiger partial charge in [0.1, 0.15) is 0 Å². The second-order valence-electron chi connectivity index (χ2n) is 4.54. The highest BCUT2D eigenvalue weighted by molar-refractivity contribution is 7.99. The number of amides is 1. The molecule has 1 heterocycles. The summed E-state index contributed by atoms with van der Waals surface area (Å²) in [6, 6.07) is 13.5. The highest BCUT2D eigenvalue weighted by Crippen LogP contribution is 2.15. The molecule has 0 saturated heterocycles. The zero-order chi connectivity index (χ0) is 14.9. The quantitative estimate of drug-likeness (QED) is 0.851. The molecule has 3 nitrogen and oxygen atoms in total. The first-order valence-electron chi connectivity index (χ1n) is 6.73. The van der Waals surface area contributed by atoms with Crippen LogP contribution in [0.4, 0.5) is 0 Å². The summed E-state index contributed by atoms with van der Waals surface area (Å²) in [4.78, 5) is 15.9. The van der Waals surface area contributed by atoms with E-state index in [1.165, 1.54) is 5.56 Å². The fraction of sp³-hybridized carbons (Fsp3) is 0.250. The molecule has 0 aliphatic rings. The number of halogens is 1. The van der Waals surface area contributed by atoms with Gasteiger partial charge in [0.25, 0.3) is 0 Å². The van der Waals surface area contributed by atoms with Crippen LogP contribution in [0.15, 0.2) is 48.7 Å². The highest BCUT2D eigenvalue weighted by atomic mass is 35.5. The van der Waals surface area contributed by atoms with Crippen LogP contribution in [0.5, 0.6) is 0 Å². The van der Waals surface area contributed by atoms with E-state index in [1.54, 1.807) is 18.0 Å². The Hall–Kier alpha value is -1.52. The molecule has 0 fully saturated rings. The molecule has 1 amide bonds. The lowest BCUT2D eigenvalue weighted by Gasteiger charge is -2.05. The van der Waals surface area contributed by atoms with Crippen LogP contribution < -0.4 is 5.32 Å². The molecule has 0 aliphatic heterocycles. The minimum absolute atomic E-state index is 0.0601. The lowest BCUT2D eigenvalue weighted by molar-refractivity contribution is -0.118. The summed E-state index contributed by atoms with van der Waals surface area (Å²) in [6.07, 6.45) is 2.52. The van der Waals surface area contributed by atoms with Crippen LogP contribution in [0.1, 0.15) is 11.3 Å². The summed E-state index contributed by atoms with van der Waals surface area (Å²) >= 11 is 7.42. The van der Waals surface area contributed by atoms with Gasteiger partial charge in [0, 0.05) is 35.6 Å². The first-order valence-corrected chi connectivity index (χ1v) is 8.26. The van der Waals surface area contributed by atoms with E-state index in [4.69, 9.17) is 11.6 Å². The minimum atomic E-state index is 0.0601. The Morgan fingerprint density at radius 1 is 1.19 bits per heavy atom. The van der Waals surface area contributed by atoms with Crippen molar-refractivity contribution in [3.8, 4) is 0 Å². The molecule has 1 aromatic heterocycles. The molecule has 2 rings (SSSR count). The van der Waals surface area contributed by atoms with Gasteiger partial charge in [0.2, 0.25) is 5.91 Å². The van der Waals surface area contributed by atoms with Crippen molar-refractivity contribution in [1.29, 1.82) is 0 Å². The van der Waals surface area contributed by atoms with Gasteiger partial charge >= 0.3 is 0 Å². The minimum Gasteiger partial charge on any atom is -0.355 e. The fourth-order valence-corrected chi connectivity index (χ4v) is 2.71. The molecule has 5 heteroatoms. The maximum Gasteiger partial charge on any atom is 0.230 e. The molecule has 0 spiro atoms. The Labute approximate surface area is 134 Å². The summed E-state index contributed by atoms with van der Waals surface area (Å²) in [5.41, 5.74) is 2.16. The second-order valence-corrected chi connectivity index (χ2v) is 5.96. The largest absolute Gasteiger partial charge is 0.355 e. The average molecular weight is 321 g/mol. The van der Waals surface area contributed by atoms with Crippen molar-refractivity contribution >= 4 is 29.3 Å². The summed E-state index contributed by atoms with van der Waals surface area (Å²) < 4.78 is 0. The van der Waals surface area contributed by atoms with Crippen molar-refractivity contribution in [2.75, 3.05) is 12.3 Å². The summed E-state index contributed by atoms with van der Waals surface area (Å²) in [5, 5.41) is 3.64. The van der Waals surface area contributed by atoms with Crippen LogP contribution in [-0.2, 0) is 17.0 Å². The molecule has 1 aromatic carbocycles. The van der Waals surface area contributed by atoms with Gasteiger partial charge in [-0.2, -0.15) is 0 Å². The summed E-state index contributed by atoms with van der Waals surface area (Å²) in [5.74, 6) is 1.33. The molecule has 0 bridgehead atoms. The Balaban J connectivity index is 1.60. The third-order valence-electron chi connectivity index (χ3n) is 2.84. The van der Waals surface area contributed by atoms with Crippen LogP contribution >= 0.6 is 23.4 Å². The standard InChI is InChI=1S/C16H17ClN2OS/c17-14-6-4-13(5-7-14)11-21-12-16(20)19-10-8-15-3-1-2-9-18-15/h1-7,9H,8,10-12H2,(H,19,20). The van der Waals surface area contributed by atoms with E-state index < -0.39 is 0 Å². The Morgan fingerprint density at radius 3 is 2.71 bits per heavy atom. The normalized spacial score (nSPS) is 10.3. The number of hydrogen-bond donors (Lipinski definition) is 1. The van der Waals surface area contributed by atoms with E-state index in [0.717, 1.165) is 22.9 Å². The van der Waals surface area contributed by atoms with E-state index in [2.05, 4.69) is 10.3 Å². The smallest absolute Gasteiger partial charge is 0.230 e. The number of aromatic nitrogens is 1. The number of nitrogens with one attached hydrogen (secondary N) is 1. The molecule has 0 saturated carbocycles. The van der Waals surface area contributed by atoms with Crippen molar-refractivity contribution in [3.05, 3.63) is 64.9 Å². The lowest BCUT2D eigenvalue weighted by Crippen LogP contribution is -2.27. The van der Waals surface area contributed by atoms with Crippen LogP contribution in [0.25, 0.3) is 0 Å². The lowest BCUT2D eigenvalue weighted by atomic mass is 10.2. The summed E-state index contributed by atoms with van der Waals surface area (Å²) in [7, 11) is 0. The molecule has 2 aromatic rings. The van der Waals surface area contributed by atoms with Crippen molar-refractivity contribution < 1.29 is 4.79 Å². The average Bonchev–Trinajstić information content (AvgIpc) is 2.50. The van der Waals surface area contributed by atoms with Crippen molar-refractivity contribution in [1.82, 2.24) is 10.3 Å². The number of carbonyl (C=O) groups excluding carboxylic acids is 1. The van der Waals surface area contributed by atoms with Crippen LogP contribution in [0.3, 0.4) is 0 Å². The van der Waals surface area contributed by atoms with Crippen LogP contribution in [0.2, 0.25) is 5.02 Å². The van der Waals surface area contributed by atoms with E-state index in [9.17, 15) is 4.79 Å². The van der Waals surface area contributed by atoms with Crippen molar-refractivity contribution in [2.45, 2.75) is 12.2 Å². The van der Waals surface area contributed by atoms with Gasteiger partial charge in [-0.05, 0) is 29.8 Å². The Kier molecular flexibility index (Phi) is 6.57. The topological polar surface area (TPSA) is 42.0 Å². The predicted molar refractivity (Wildman–Crippen MR) is 88.6 cm³/mol. The van der Waals surface area contributed by atoms with Crippen molar-refractivity contribution in [2.24, 2.45) is 0 Å². The number of thioether (sulfide) groups is 1. The number of pyridine rings is 1. The predicted octanol–water partition coefficient (Wildman–Crippen LogP) is 3.33. The number of rotatable bonds is 7. The maximum atomic E-state index is 11.7. The first kappa shape index (κ1) is 15.9. The molecule has 0 unspecified atom stereocenters. The molecule has 0 atom stereocenters. The van der Waals surface area contributed by atoms with E-state index in [-0.39, 0.29) is 5.91 Å². The SMILES string of the molecule is O=C(CSCc1ccc(Cl)cc1)NCCc1ccccn1. The molecule has 1 N–H and O–H groups in total. The number of benzene rings is 1. The molecule has 0 radical (unpaired) electrons. The first-order chi connectivity index (χ1) is 10.2. The number of carbonyl (C=O) groups is 1. The fourth-order valence-electron chi connectivity index (χ4n) is 1.77. The molecule has 110 valence electrons. The monoisotopic (exact) mass is 320 g/mol. The zero-order valence-electron chi connectivity index (χ0n) is 11.6. The molecule has 0 aliphatic carbocycles. The summed E-state index contributed by atoms with van der Waals surface area (Å²) in [6.45, 7) is 0.622. The van der Waals surface area contributed by atoms with Gasteiger partial charge in [-0.1, -0.05) is 29.8 Å². The third-order valence-corrected chi connectivity index (χ3v) is 4.10. The van der Waals surface area contributed by atoms with Gasteiger partial charge < -0.3 is 5.32 Å². The van der Waals surface area contributed by atoms with Gasteiger partial charge in [-0.15, -0.1) is 11.8 Å². The Morgan fingerprint density at radius 2 is 2.00 bits per heavy atom. The maximum absolute atomic E-state index is 11.7. The van der Waals surface area contributed by atoms with Crippen LogP contribution in [0, 0.1) is 0 Å². The molecular formula is C16H17ClN2OS. The van der Waals surface area contributed by atoms with E-state index in [0.29, 0.717) is 12.3 Å². The highest BCUT2D eigenvalue weighted by Gasteiger charge is 2.02. The van der Waals surface area contributed by atoms with E-state index >= 15 is 0 Å². The zero-order valence-corrected chi connectivity index (χ0v) is 13.2. The molecule has 21 heavy (non-hydrogen) atoms. The van der Waals surface area contributed by atoms with Gasteiger partial charge in [0.15, 0.2) is 0 Å². The number of nitrogens with zero attached hydrogens (tertiary/aromatic N) is 1. The third kappa shape index (κ3) is 6.19. The van der Waals surface area contributed by atoms with Gasteiger partial charge in [-0.3, -0.25) is 9.78 Å². The van der Waals surface area contributed by atoms with Crippen LogP contribution in [-0.4, -0.2) is 23.2 Å². The Bertz CT molecular complexity index is 560.